The second-order valence-corrected chi connectivity index (χ2v) is 7.54. The third kappa shape index (κ3) is 5.74. The van der Waals surface area contributed by atoms with Crippen LogP contribution in [0, 0.1) is 5.92 Å². The molecule has 0 unspecified atom stereocenters. The summed E-state index contributed by atoms with van der Waals surface area (Å²) >= 11 is 7.22. The molecule has 4 nitrogen and oxygen atoms in total. The number of rotatable bonds is 4. The molecule has 1 saturated carbocycles. The van der Waals surface area contributed by atoms with Crippen LogP contribution in [0.5, 0.6) is 5.75 Å². The van der Waals surface area contributed by atoms with Crippen molar-refractivity contribution in [1.29, 1.82) is 0 Å². The summed E-state index contributed by atoms with van der Waals surface area (Å²) in [6, 6.07) is 6.96. The number of halogens is 1. The van der Waals surface area contributed by atoms with Gasteiger partial charge in [0, 0.05) is 30.8 Å². The SMILES string of the molecule is CC(=O)SCC1CCC(N(C)C(=O)Oc2ccc(Cl)cc2)CC1. The highest BCUT2D eigenvalue weighted by molar-refractivity contribution is 8.13. The van der Waals surface area contributed by atoms with Gasteiger partial charge in [0.2, 0.25) is 0 Å². The van der Waals surface area contributed by atoms with E-state index in [1.807, 2.05) is 0 Å². The van der Waals surface area contributed by atoms with Gasteiger partial charge in [0.05, 0.1) is 0 Å². The zero-order chi connectivity index (χ0) is 16.8. The Morgan fingerprint density at radius 2 is 1.83 bits per heavy atom. The first-order valence-electron chi connectivity index (χ1n) is 7.79. The molecule has 0 radical (unpaired) electrons. The number of thioether (sulfide) groups is 1. The van der Waals surface area contributed by atoms with Crippen LogP contribution in [0.25, 0.3) is 0 Å². The lowest BCUT2D eigenvalue weighted by Crippen LogP contribution is -2.41. The van der Waals surface area contributed by atoms with Crippen LogP contribution in [-0.4, -0.2) is 35.0 Å². The van der Waals surface area contributed by atoms with Crippen molar-refractivity contribution in [2.24, 2.45) is 5.92 Å². The number of carbonyl (C=O) groups excluding carboxylic acids is 2. The molecule has 1 amide bonds. The Labute approximate surface area is 146 Å². The second kappa shape index (κ2) is 8.60. The van der Waals surface area contributed by atoms with Crippen molar-refractivity contribution in [2.45, 2.75) is 38.6 Å². The maximum atomic E-state index is 12.2. The van der Waals surface area contributed by atoms with Crippen molar-refractivity contribution in [1.82, 2.24) is 4.90 Å². The summed E-state index contributed by atoms with van der Waals surface area (Å²) in [5.41, 5.74) is 0. The fraction of sp³-hybridized carbons (Fsp3) is 0.529. The van der Waals surface area contributed by atoms with Crippen LogP contribution < -0.4 is 4.74 Å². The molecule has 6 heteroatoms. The van der Waals surface area contributed by atoms with Gasteiger partial charge < -0.3 is 9.64 Å². The second-order valence-electron chi connectivity index (χ2n) is 5.91. The molecule has 1 aliphatic rings. The Morgan fingerprint density at radius 1 is 1.22 bits per heavy atom. The summed E-state index contributed by atoms with van der Waals surface area (Å²) in [7, 11) is 1.79. The fourth-order valence-corrected chi connectivity index (χ4v) is 3.69. The molecule has 1 fully saturated rings. The van der Waals surface area contributed by atoms with Crippen molar-refractivity contribution in [3.8, 4) is 5.75 Å². The number of benzene rings is 1. The van der Waals surface area contributed by atoms with Crippen molar-refractivity contribution in [3.63, 3.8) is 0 Å². The highest BCUT2D eigenvalue weighted by Gasteiger charge is 2.27. The summed E-state index contributed by atoms with van der Waals surface area (Å²) in [5, 5.41) is 0.788. The molecule has 0 heterocycles. The summed E-state index contributed by atoms with van der Waals surface area (Å²) in [6.45, 7) is 1.61. The molecule has 23 heavy (non-hydrogen) atoms. The van der Waals surface area contributed by atoms with Crippen LogP contribution in [0.4, 0.5) is 4.79 Å². The molecule has 1 aromatic rings. The Hall–Kier alpha value is -1.20. The fourth-order valence-electron chi connectivity index (χ4n) is 2.76. The van der Waals surface area contributed by atoms with Crippen LogP contribution in [0.1, 0.15) is 32.6 Å². The molecule has 0 bridgehead atoms. The van der Waals surface area contributed by atoms with E-state index in [4.69, 9.17) is 16.3 Å². The predicted octanol–water partition coefficient (Wildman–Crippen LogP) is 4.61. The lowest BCUT2D eigenvalue weighted by atomic mass is 9.87. The van der Waals surface area contributed by atoms with Gasteiger partial charge in [0.1, 0.15) is 5.75 Å². The Bertz CT molecular complexity index is 541. The van der Waals surface area contributed by atoms with Gasteiger partial charge in [-0.3, -0.25) is 4.79 Å². The largest absolute Gasteiger partial charge is 0.415 e. The molecule has 0 N–H and O–H groups in total. The monoisotopic (exact) mass is 355 g/mol. The third-order valence-corrected chi connectivity index (χ3v) is 5.49. The minimum Gasteiger partial charge on any atom is -0.410 e. The van der Waals surface area contributed by atoms with Crippen molar-refractivity contribution < 1.29 is 14.3 Å². The smallest absolute Gasteiger partial charge is 0.410 e. The van der Waals surface area contributed by atoms with Crippen molar-refractivity contribution in [2.75, 3.05) is 12.8 Å². The Kier molecular flexibility index (Phi) is 6.78. The molecule has 1 aliphatic carbocycles. The summed E-state index contributed by atoms with van der Waals surface area (Å²) in [6.07, 6.45) is 3.66. The maximum absolute atomic E-state index is 12.2. The summed E-state index contributed by atoms with van der Waals surface area (Å²) in [4.78, 5) is 24.9. The summed E-state index contributed by atoms with van der Waals surface area (Å²) in [5.74, 6) is 1.96. The predicted molar refractivity (Wildman–Crippen MR) is 94.1 cm³/mol. The van der Waals surface area contributed by atoms with E-state index in [0.29, 0.717) is 16.7 Å². The maximum Gasteiger partial charge on any atom is 0.415 e. The van der Waals surface area contributed by atoms with Gasteiger partial charge in [-0.25, -0.2) is 4.79 Å². The number of hydrogen-bond donors (Lipinski definition) is 0. The molecule has 0 atom stereocenters. The van der Waals surface area contributed by atoms with Gasteiger partial charge in [-0.1, -0.05) is 23.4 Å². The highest BCUT2D eigenvalue weighted by atomic mass is 35.5. The lowest BCUT2D eigenvalue weighted by Gasteiger charge is -2.33. The first-order valence-corrected chi connectivity index (χ1v) is 9.15. The third-order valence-electron chi connectivity index (χ3n) is 4.19. The van der Waals surface area contributed by atoms with Crippen LogP contribution in [-0.2, 0) is 4.79 Å². The van der Waals surface area contributed by atoms with Gasteiger partial charge in [-0.05, 0) is 55.9 Å². The normalized spacial score (nSPS) is 20.8. The van der Waals surface area contributed by atoms with E-state index in [1.165, 1.54) is 11.8 Å². The van der Waals surface area contributed by atoms with Crippen molar-refractivity contribution >= 4 is 34.6 Å². The van der Waals surface area contributed by atoms with Crippen LogP contribution in [0.15, 0.2) is 24.3 Å². The number of nitrogens with zero attached hydrogens (tertiary/aromatic N) is 1. The average Bonchev–Trinajstić information content (AvgIpc) is 2.55. The average molecular weight is 356 g/mol. The molecule has 1 aromatic carbocycles. The van der Waals surface area contributed by atoms with E-state index in [-0.39, 0.29) is 17.3 Å². The molecule has 0 aliphatic heterocycles. The van der Waals surface area contributed by atoms with Crippen LogP contribution in [0.3, 0.4) is 0 Å². The standard InChI is InChI=1S/C17H22ClNO3S/c1-12(20)23-11-13-3-7-15(8-4-13)19(2)17(21)22-16-9-5-14(18)6-10-16/h5-6,9-10,13,15H,3-4,7-8,11H2,1-2H3. The minimum absolute atomic E-state index is 0.177. The van der Waals surface area contributed by atoms with Gasteiger partial charge in [-0.2, -0.15) is 0 Å². The molecule has 2 rings (SSSR count). The zero-order valence-corrected chi connectivity index (χ0v) is 15.0. The molecule has 0 spiro atoms. The van der Waals surface area contributed by atoms with E-state index in [9.17, 15) is 9.59 Å². The van der Waals surface area contributed by atoms with Crippen LogP contribution in [0.2, 0.25) is 5.02 Å². The zero-order valence-electron chi connectivity index (χ0n) is 13.5. The van der Waals surface area contributed by atoms with E-state index in [0.717, 1.165) is 31.4 Å². The number of carbonyl (C=O) groups is 2. The van der Waals surface area contributed by atoms with Gasteiger partial charge in [0.25, 0.3) is 0 Å². The van der Waals surface area contributed by atoms with E-state index in [1.54, 1.807) is 43.1 Å². The molecular formula is C17H22ClNO3S. The van der Waals surface area contributed by atoms with E-state index >= 15 is 0 Å². The summed E-state index contributed by atoms with van der Waals surface area (Å²) < 4.78 is 5.37. The molecular weight excluding hydrogens is 334 g/mol. The van der Waals surface area contributed by atoms with Gasteiger partial charge >= 0.3 is 6.09 Å². The van der Waals surface area contributed by atoms with Gasteiger partial charge in [-0.15, -0.1) is 0 Å². The molecule has 126 valence electrons. The van der Waals surface area contributed by atoms with Gasteiger partial charge in [0.15, 0.2) is 5.12 Å². The lowest BCUT2D eigenvalue weighted by molar-refractivity contribution is -0.109. The number of hydrogen-bond acceptors (Lipinski definition) is 4. The first-order chi connectivity index (χ1) is 11.0. The highest BCUT2D eigenvalue weighted by Crippen LogP contribution is 2.30. The van der Waals surface area contributed by atoms with E-state index < -0.39 is 0 Å². The quantitative estimate of drug-likeness (QED) is 0.791. The molecule has 0 saturated heterocycles. The number of ether oxygens (including phenoxy) is 1. The molecule has 0 aromatic heterocycles. The Balaban J connectivity index is 1.79. The number of amides is 1. The van der Waals surface area contributed by atoms with Crippen LogP contribution >= 0.6 is 23.4 Å². The topological polar surface area (TPSA) is 46.6 Å². The van der Waals surface area contributed by atoms with Crippen molar-refractivity contribution in [3.05, 3.63) is 29.3 Å². The Morgan fingerprint density at radius 3 is 2.39 bits per heavy atom. The first kappa shape index (κ1) is 18.1. The minimum atomic E-state index is -0.339. The van der Waals surface area contributed by atoms with E-state index in [2.05, 4.69) is 0 Å².